The second-order valence-electron chi connectivity index (χ2n) is 7.43. The number of carbonyl (C=O) groups excluding carboxylic acids is 1. The molecule has 1 aliphatic carbocycles. The molecular weight excluding hydrogens is 346 g/mol. The summed E-state index contributed by atoms with van der Waals surface area (Å²) in [6.07, 6.45) is 5.97. The van der Waals surface area contributed by atoms with Crippen molar-refractivity contribution < 1.29 is 9.90 Å². The number of rotatable bonds is 7. The van der Waals surface area contributed by atoms with Crippen LogP contribution in [0.2, 0.25) is 0 Å². The first kappa shape index (κ1) is 20.9. The van der Waals surface area contributed by atoms with E-state index in [2.05, 4.69) is 29.9 Å². The van der Waals surface area contributed by atoms with Gasteiger partial charge in [0.05, 0.1) is 0 Å². The summed E-state index contributed by atoms with van der Waals surface area (Å²) >= 11 is 4.43. The normalized spacial score (nSPS) is 21.3. The van der Waals surface area contributed by atoms with Crippen molar-refractivity contribution in [2.75, 3.05) is 6.61 Å². The number of amides is 1. The van der Waals surface area contributed by atoms with Gasteiger partial charge >= 0.3 is 0 Å². The smallest absolute Gasteiger partial charge is 0.271 e. The van der Waals surface area contributed by atoms with Crippen LogP contribution in [0.1, 0.15) is 62.4 Å². The molecule has 1 heterocycles. The molecule has 1 fully saturated rings. The number of nitrogens with one attached hydrogen (secondary N) is 2. The van der Waals surface area contributed by atoms with E-state index in [1.165, 1.54) is 0 Å². The highest BCUT2D eigenvalue weighted by molar-refractivity contribution is 7.80. The number of aliphatic hydroxyl groups is 1. The fourth-order valence-corrected chi connectivity index (χ4v) is 4.32. The van der Waals surface area contributed by atoms with Gasteiger partial charge in [0, 0.05) is 23.2 Å². The zero-order chi connectivity index (χ0) is 19.3. The predicted molar refractivity (Wildman–Crippen MR) is 107 cm³/mol. The summed E-state index contributed by atoms with van der Waals surface area (Å²) in [5, 5.41) is 20.6. The average molecular weight is 378 g/mol. The molecule has 0 bridgehead atoms. The van der Waals surface area contributed by atoms with E-state index in [1.54, 1.807) is 0 Å². The van der Waals surface area contributed by atoms with Crippen LogP contribution in [0.15, 0.2) is 11.0 Å². The molecule has 6 heteroatoms. The quantitative estimate of drug-likeness (QED) is 0.434. The van der Waals surface area contributed by atoms with Crippen molar-refractivity contribution >= 4 is 24.2 Å². The largest absolute Gasteiger partial charge is 0.396 e. The van der Waals surface area contributed by atoms with Gasteiger partial charge in [-0.1, -0.05) is 26.2 Å². The molecule has 0 aromatic carbocycles. The van der Waals surface area contributed by atoms with Crippen LogP contribution in [0.5, 0.6) is 0 Å². The van der Waals surface area contributed by atoms with Gasteiger partial charge in [0.15, 0.2) is 0 Å². The van der Waals surface area contributed by atoms with Crippen molar-refractivity contribution in [3.05, 3.63) is 23.0 Å². The molecule has 1 saturated carbocycles. The van der Waals surface area contributed by atoms with Crippen molar-refractivity contribution in [1.82, 2.24) is 10.3 Å². The third kappa shape index (κ3) is 5.07. The predicted octanol–water partition coefficient (Wildman–Crippen LogP) is 3.44. The number of pyridine rings is 1. The van der Waals surface area contributed by atoms with Gasteiger partial charge < -0.3 is 10.4 Å². The number of nitrogens with zero attached hydrogens (tertiary/aromatic N) is 1. The molecule has 26 heavy (non-hydrogen) atoms. The van der Waals surface area contributed by atoms with E-state index in [4.69, 9.17) is 5.41 Å². The van der Waals surface area contributed by atoms with Crippen LogP contribution in [0.25, 0.3) is 0 Å². The Morgan fingerprint density at radius 1 is 1.46 bits per heavy atom. The van der Waals surface area contributed by atoms with Gasteiger partial charge in [-0.3, -0.25) is 15.2 Å². The van der Waals surface area contributed by atoms with Gasteiger partial charge in [-0.15, -0.1) is 12.6 Å². The van der Waals surface area contributed by atoms with Crippen LogP contribution in [0, 0.1) is 31.1 Å². The molecule has 2 rings (SSSR count). The highest BCUT2D eigenvalue weighted by Crippen LogP contribution is 2.33. The Labute approximate surface area is 161 Å². The summed E-state index contributed by atoms with van der Waals surface area (Å²) in [5.41, 5.74) is 1.93. The molecule has 2 unspecified atom stereocenters. The van der Waals surface area contributed by atoms with Gasteiger partial charge in [0.2, 0.25) is 0 Å². The van der Waals surface area contributed by atoms with Gasteiger partial charge in [-0.05, 0) is 56.6 Å². The van der Waals surface area contributed by atoms with Gasteiger partial charge in [-0.2, -0.15) is 0 Å². The standard InChI is InChI=1S/C20H31N3O2S/c1-4-14(8-9-24)15-6-5-7-16(11-15)23-20(25)17(21)18-19(26)12(2)10-13(3)22-18/h10,14-16,21,24,26H,4-9,11H2,1-3H3,(H,23,25)/t14?,15?,16-/m0/s1. The fraction of sp³-hybridized carbons (Fsp3) is 0.650. The monoisotopic (exact) mass is 377 g/mol. The minimum Gasteiger partial charge on any atom is -0.396 e. The maximum Gasteiger partial charge on any atom is 0.271 e. The zero-order valence-electron chi connectivity index (χ0n) is 16.0. The minimum atomic E-state index is -0.376. The summed E-state index contributed by atoms with van der Waals surface area (Å²) in [6.45, 7) is 6.15. The van der Waals surface area contributed by atoms with Gasteiger partial charge in [-0.25, -0.2) is 0 Å². The summed E-state index contributed by atoms with van der Waals surface area (Å²) < 4.78 is 0. The van der Waals surface area contributed by atoms with E-state index >= 15 is 0 Å². The molecule has 1 aromatic heterocycles. The average Bonchev–Trinajstić information content (AvgIpc) is 2.62. The minimum absolute atomic E-state index is 0.0867. The molecule has 0 saturated heterocycles. The number of aliphatic hydroxyl groups excluding tert-OH is 1. The van der Waals surface area contributed by atoms with E-state index in [0.29, 0.717) is 22.4 Å². The third-order valence-electron chi connectivity index (χ3n) is 5.52. The highest BCUT2D eigenvalue weighted by Gasteiger charge is 2.29. The Kier molecular flexibility index (Phi) is 7.65. The van der Waals surface area contributed by atoms with Crippen LogP contribution in [-0.2, 0) is 4.79 Å². The lowest BCUT2D eigenvalue weighted by atomic mass is 9.75. The third-order valence-corrected chi connectivity index (χ3v) is 6.08. The summed E-state index contributed by atoms with van der Waals surface area (Å²) in [7, 11) is 0. The summed E-state index contributed by atoms with van der Waals surface area (Å²) in [4.78, 5) is 17.5. The van der Waals surface area contributed by atoms with Gasteiger partial charge in [0.25, 0.3) is 5.91 Å². The lowest BCUT2D eigenvalue weighted by Gasteiger charge is -2.34. The Morgan fingerprint density at radius 3 is 2.85 bits per heavy atom. The maximum atomic E-state index is 12.6. The number of carbonyl (C=O) groups is 1. The Hall–Kier alpha value is -1.40. The van der Waals surface area contributed by atoms with Crippen molar-refractivity contribution in [3.8, 4) is 0 Å². The summed E-state index contributed by atoms with van der Waals surface area (Å²) in [6, 6.07) is 1.98. The molecule has 1 aromatic rings. The first-order chi connectivity index (χ1) is 12.4. The summed E-state index contributed by atoms with van der Waals surface area (Å²) in [5.74, 6) is 0.656. The second kappa shape index (κ2) is 9.51. The van der Waals surface area contributed by atoms with Gasteiger partial charge in [0.1, 0.15) is 11.4 Å². The molecular formula is C20H31N3O2S. The van der Waals surface area contributed by atoms with Crippen molar-refractivity contribution in [3.63, 3.8) is 0 Å². The van der Waals surface area contributed by atoms with Crippen molar-refractivity contribution in [2.24, 2.45) is 11.8 Å². The number of hydrogen-bond donors (Lipinski definition) is 4. The Balaban J connectivity index is 2.04. The van der Waals surface area contributed by atoms with Crippen LogP contribution < -0.4 is 5.32 Å². The topological polar surface area (TPSA) is 86.1 Å². The van der Waals surface area contributed by atoms with E-state index in [1.807, 2.05) is 19.9 Å². The maximum absolute atomic E-state index is 12.6. The van der Waals surface area contributed by atoms with E-state index in [0.717, 1.165) is 49.8 Å². The number of aromatic nitrogens is 1. The fourth-order valence-electron chi connectivity index (χ4n) is 4.10. The van der Waals surface area contributed by atoms with Crippen molar-refractivity contribution in [2.45, 2.75) is 70.2 Å². The van der Waals surface area contributed by atoms with E-state index in [-0.39, 0.29) is 24.3 Å². The Morgan fingerprint density at radius 2 is 2.19 bits per heavy atom. The van der Waals surface area contributed by atoms with Crippen LogP contribution in [0.4, 0.5) is 0 Å². The SMILES string of the molecule is CCC(CCO)C1CCC[C@H](NC(=O)C(=N)c2nc(C)cc(C)c2S)C1. The van der Waals surface area contributed by atoms with E-state index in [9.17, 15) is 9.90 Å². The molecule has 3 N–H and O–H groups in total. The van der Waals surface area contributed by atoms with E-state index < -0.39 is 0 Å². The lowest BCUT2D eigenvalue weighted by Crippen LogP contribution is -2.43. The molecule has 144 valence electrons. The van der Waals surface area contributed by atoms with Crippen LogP contribution in [-0.4, -0.2) is 34.4 Å². The molecule has 0 spiro atoms. The molecule has 1 amide bonds. The molecule has 3 atom stereocenters. The second-order valence-corrected chi connectivity index (χ2v) is 7.88. The first-order valence-corrected chi connectivity index (χ1v) is 9.99. The first-order valence-electron chi connectivity index (χ1n) is 9.55. The number of hydrogen-bond acceptors (Lipinski definition) is 5. The molecule has 0 aliphatic heterocycles. The molecule has 0 radical (unpaired) electrons. The van der Waals surface area contributed by atoms with Crippen LogP contribution in [0.3, 0.4) is 0 Å². The Bertz CT molecular complexity index is 663. The zero-order valence-corrected chi connectivity index (χ0v) is 16.9. The molecule has 1 aliphatic rings. The number of aryl methyl sites for hydroxylation is 2. The lowest BCUT2D eigenvalue weighted by molar-refractivity contribution is -0.115. The number of thiol groups is 1. The highest BCUT2D eigenvalue weighted by atomic mass is 32.1. The van der Waals surface area contributed by atoms with Crippen LogP contribution >= 0.6 is 12.6 Å². The molecule has 5 nitrogen and oxygen atoms in total. The van der Waals surface area contributed by atoms with Crippen molar-refractivity contribution in [1.29, 1.82) is 5.41 Å².